The van der Waals surface area contributed by atoms with Gasteiger partial charge in [0.05, 0.1) is 0 Å². The van der Waals surface area contributed by atoms with Crippen molar-refractivity contribution in [2.45, 2.75) is 64.7 Å². The van der Waals surface area contributed by atoms with E-state index in [1.54, 1.807) is 0 Å². The van der Waals surface area contributed by atoms with Crippen molar-refractivity contribution in [2.75, 3.05) is 0 Å². The number of carbonyl (C=O) groups is 1. The van der Waals surface area contributed by atoms with Gasteiger partial charge in [0.25, 0.3) is 0 Å². The largest absolute Gasteiger partial charge is 0.298 e. The van der Waals surface area contributed by atoms with Crippen molar-refractivity contribution in [3.63, 3.8) is 0 Å². The smallest absolute Gasteiger partial charge is 0.150 e. The highest BCUT2D eigenvalue weighted by atomic mass is 16.1. The van der Waals surface area contributed by atoms with Gasteiger partial charge in [0, 0.05) is 5.56 Å². The van der Waals surface area contributed by atoms with Crippen LogP contribution in [0, 0.1) is 0 Å². The molecule has 2 rings (SSSR count). The van der Waals surface area contributed by atoms with E-state index < -0.39 is 0 Å². The Hall–Kier alpha value is -1.11. The second-order valence-electron chi connectivity index (χ2n) is 6.84. The zero-order chi connectivity index (χ0) is 13.6. The fourth-order valence-corrected chi connectivity index (χ4v) is 3.09. The molecule has 0 N–H and O–H groups in total. The van der Waals surface area contributed by atoms with E-state index >= 15 is 0 Å². The minimum absolute atomic E-state index is 0.189. The van der Waals surface area contributed by atoms with Crippen LogP contribution in [0.5, 0.6) is 0 Å². The molecule has 1 aliphatic carbocycles. The molecule has 0 atom stereocenters. The number of rotatable bonds is 2. The monoisotopic (exact) mass is 244 g/mol. The minimum Gasteiger partial charge on any atom is -0.298 e. The number of carbonyl (C=O) groups excluding carboxylic acids is 1. The molecule has 0 amide bonds. The standard InChI is InChI=1S/C17H24O/c1-6-12-9-14-15(10-13(12)11-18)17(4,5)8-7-16(14,2)3/h9-11H,6-8H2,1-5H3. The second-order valence-corrected chi connectivity index (χ2v) is 6.84. The molecule has 98 valence electrons. The van der Waals surface area contributed by atoms with Crippen LogP contribution in [0.1, 0.15) is 74.5 Å². The first kappa shape index (κ1) is 13.3. The molecule has 0 radical (unpaired) electrons. The van der Waals surface area contributed by atoms with Gasteiger partial charge in [-0.15, -0.1) is 0 Å². The molecule has 1 nitrogen and oxygen atoms in total. The molecule has 0 aromatic heterocycles. The molecule has 0 unspecified atom stereocenters. The Morgan fingerprint density at radius 1 is 1.06 bits per heavy atom. The van der Waals surface area contributed by atoms with Gasteiger partial charge >= 0.3 is 0 Å². The van der Waals surface area contributed by atoms with Crippen LogP contribution in [0.4, 0.5) is 0 Å². The van der Waals surface area contributed by atoms with Crippen LogP contribution in [-0.2, 0) is 17.3 Å². The number of hydrogen-bond donors (Lipinski definition) is 0. The van der Waals surface area contributed by atoms with E-state index in [-0.39, 0.29) is 10.8 Å². The predicted molar refractivity (Wildman–Crippen MR) is 76.5 cm³/mol. The highest BCUT2D eigenvalue weighted by molar-refractivity contribution is 5.78. The Balaban J connectivity index is 2.72. The molecule has 1 heteroatoms. The number of hydrogen-bond acceptors (Lipinski definition) is 1. The first-order chi connectivity index (χ1) is 8.31. The zero-order valence-electron chi connectivity index (χ0n) is 12.3. The summed E-state index contributed by atoms with van der Waals surface area (Å²) in [5, 5.41) is 0. The molecular weight excluding hydrogens is 220 g/mol. The van der Waals surface area contributed by atoms with Crippen LogP contribution in [0.2, 0.25) is 0 Å². The minimum atomic E-state index is 0.189. The third-order valence-electron chi connectivity index (χ3n) is 4.62. The molecule has 1 aromatic rings. The van der Waals surface area contributed by atoms with Gasteiger partial charge in [0.15, 0.2) is 0 Å². The SMILES string of the molecule is CCc1cc2c(cc1C=O)C(C)(C)CCC2(C)C. The maximum absolute atomic E-state index is 11.2. The molecule has 0 saturated heterocycles. The summed E-state index contributed by atoms with van der Waals surface area (Å²) < 4.78 is 0. The number of benzene rings is 1. The lowest BCUT2D eigenvalue weighted by atomic mass is 9.62. The molecular formula is C17H24O. The maximum atomic E-state index is 11.2. The van der Waals surface area contributed by atoms with Crippen molar-refractivity contribution in [1.82, 2.24) is 0 Å². The predicted octanol–water partition coefficient (Wildman–Crippen LogP) is 4.41. The topological polar surface area (TPSA) is 17.1 Å². The van der Waals surface area contributed by atoms with Crippen LogP contribution in [-0.4, -0.2) is 6.29 Å². The second kappa shape index (κ2) is 4.22. The van der Waals surface area contributed by atoms with Crippen molar-refractivity contribution in [2.24, 2.45) is 0 Å². The summed E-state index contributed by atoms with van der Waals surface area (Å²) >= 11 is 0. The molecule has 0 heterocycles. The number of aldehydes is 1. The zero-order valence-corrected chi connectivity index (χ0v) is 12.3. The van der Waals surface area contributed by atoms with E-state index in [2.05, 4.69) is 46.8 Å². The van der Waals surface area contributed by atoms with Crippen LogP contribution in [0.3, 0.4) is 0 Å². The lowest BCUT2D eigenvalue weighted by Crippen LogP contribution is -2.34. The van der Waals surface area contributed by atoms with Crippen molar-refractivity contribution in [1.29, 1.82) is 0 Å². The molecule has 0 saturated carbocycles. The van der Waals surface area contributed by atoms with Crippen molar-refractivity contribution >= 4 is 6.29 Å². The van der Waals surface area contributed by atoms with E-state index in [0.29, 0.717) is 0 Å². The van der Waals surface area contributed by atoms with Crippen LogP contribution in [0.25, 0.3) is 0 Å². The molecule has 0 spiro atoms. The Bertz CT molecular complexity index is 481. The lowest BCUT2D eigenvalue weighted by molar-refractivity contribution is 0.112. The molecule has 0 fully saturated rings. The average Bonchev–Trinajstić information content (AvgIpc) is 2.33. The molecule has 1 aromatic carbocycles. The summed E-state index contributed by atoms with van der Waals surface area (Å²) in [6.45, 7) is 11.3. The summed E-state index contributed by atoms with van der Waals surface area (Å²) in [6, 6.07) is 4.42. The van der Waals surface area contributed by atoms with E-state index in [1.807, 2.05) is 0 Å². The molecule has 0 bridgehead atoms. The van der Waals surface area contributed by atoms with Crippen molar-refractivity contribution < 1.29 is 4.79 Å². The first-order valence-corrected chi connectivity index (χ1v) is 6.95. The third-order valence-corrected chi connectivity index (χ3v) is 4.62. The van der Waals surface area contributed by atoms with Gasteiger partial charge in [-0.3, -0.25) is 4.79 Å². The quantitative estimate of drug-likeness (QED) is 0.704. The van der Waals surface area contributed by atoms with Gasteiger partial charge in [-0.25, -0.2) is 0 Å². The van der Waals surface area contributed by atoms with Crippen LogP contribution >= 0.6 is 0 Å². The highest BCUT2D eigenvalue weighted by Crippen LogP contribution is 2.46. The number of fused-ring (bicyclic) bond motifs is 1. The number of aryl methyl sites for hydroxylation is 1. The molecule has 0 aliphatic heterocycles. The van der Waals surface area contributed by atoms with E-state index in [9.17, 15) is 4.79 Å². The first-order valence-electron chi connectivity index (χ1n) is 6.95. The van der Waals surface area contributed by atoms with Gasteiger partial charge in [-0.05, 0) is 52.8 Å². The van der Waals surface area contributed by atoms with Crippen LogP contribution in [0.15, 0.2) is 12.1 Å². The van der Waals surface area contributed by atoms with Gasteiger partial charge in [-0.1, -0.05) is 40.7 Å². The normalized spacial score (nSPS) is 20.3. The van der Waals surface area contributed by atoms with Crippen molar-refractivity contribution in [3.8, 4) is 0 Å². The summed E-state index contributed by atoms with van der Waals surface area (Å²) in [7, 11) is 0. The van der Waals surface area contributed by atoms with Crippen molar-refractivity contribution in [3.05, 3.63) is 34.4 Å². The van der Waals surface area contributed by atoms with Gasteiger partial charge in [-0.2, -0.15) is 0 Å². The van der Waals surface area contributed by atoms with Gasteiger partial charge in [0.1, 0.15) is 6.29 Å². The summed E-state index contributed by atoms with van der Waals surface area (Å²) in [4.78, 5) is 11.2. The van der Waals surface area contributed by atoms with E-state index in [4.69, 9.17) is 0 Å². The third kappa shape index (κ3) is 2.00. The Kier molecular flexibility index (Phi) is 3.12. The van der Waals surface area contributed by atoms with E-state index in [0.717, 1.165) is 18.3 Å². The Morgan fingerprint density at radius 2 is 1.56 bits per heavy atom. The Labute approximate surface area is 111 Å². The summed E-state index contributed by atoms with van der Waals surface area (Å²) in [5.41, 5.74) is 5.31. The maximum Gasteiger partial charge on any atom is 0.150 e. The Morgan fingerprint density at radius 3 is 2.00 bits per heavy atom. The highest BCUT2D eigenvalue weighted by Gasteiger charge is 2.37. The van der Waals surface area contributed by atoms with Crippen LogP contribution < -0.4 is 0 Å². The van der Waals surface area contributed by atoms with Gasteiger partial charge in [0.2, 0.25) is 0 Å². The van der Waals surface area contributed by atoms with Gasteiger partial charge < -0.3 is 0 Å². The van der Waals surface area contributed by atoms with E-state index in [1.165, 1.54) is 29.5 Å². The fourth-order valence-electron chi connectivity index (χ4n) is 3.09. The summed E-state index contributed by atoms with van der Waals surface area (Å²) in [5.74, 6) is 0. The molecule has 18 heavy (non-hydrogen) atoms. The molecule has 1 aliphatic rings. The lowest BCUT2D eigenvalue weighted by Gasteiger charge is -2.42. The fraction of sp³-hybridized carbons (Fsp3) is 0.588. The summed E-state index contributed by atoms with van der Waals surface area (Å²) in [6.07, 6.45) is 4.35. The average molecular weight is 244 g/mol.